The van der Waals surface area contributed by atoms with E-state index in [0.717, 1.165) is 15.4 Å². The van der Waals surface area contributed by atoms with Crippen LogP contribution in [0.5, 0.6) is 0 Å². The van der Waals surface area contributed by atoms with E-state index in [0.29, 0.717) is 5.02 Å². The van der Waals surface area contributed by atoms with Crippen molar-refractivity contribution < 1.29 is 18.0 Å². The summed E-state index contributed by atoms with van der Waals surface area (Å²) in [6.45, 7) is 3.31. The van der Waals surface area contributed by atoms with Gasteiger partial charge >= 0.3 is 0 Å². The number of amides is 2. The molecule has 42 heavy (non-hydrogen) atoms. The van der Waals surface area contributed by atoms with Crippen LogP contribution in [0.3, 0.4) is 0 Å². The molecule has 0 saturated heterocycles. The fourth-order valence-electron chi connectivity index (χ4n) is 4.57. The summed E-state index contributed by atoms with van der Waals surface area (Å²) in [4.78, 5) is 29.5. The molecule has 0 aliphatic heterocycles. The van der Waals surface area contributed by atoms with Crippen LogP contribution in [0, 0.1) is 0 Å². The van der Waals surface area contributed by atoms with Crippen molar-refractivity contribution in [2.75, 3.05) is 10.8 Å². The highest BCUT2D eigenvalue weighted by Gasteiger charge is 2.34. The molecule has 0 fully saturated rings. The van der Waals surface area contributed by atoms with E-state index in [1.165, 1.54) is 17.0 Å². The van der Waals surface area contributed by atoms with E-state index in [2.05, 4.69) is 5.32 Å². The summed E-state index contributed by atoms with van der Waals surface area (Å²) >= 11 is 6.10. The normalized spacial score (nSPS) is 12.0. The third kappa shape index (κ3) is 7.99. The summed E-state index contributed by atoms with van der Waals surface area (Å²) in [5.41, 5.74) is 1.96. The van der Waals surface area contributed by atoms with Gasteiger partial charge in [0.2, 0.25) is 11.8 Å². The summed E-state index contributed by atoms with van der Waals surface area (Å²) in [5, 5.41) is 3.38. The van der Waals surface area contributed by atoms with Crippen LogP contribution in [0.15, 0.2) is 120 Å². The number of hydrogen-bond donors (Lipinski definition) is 1. The van der Waals surface area contributed by atoms with Crippen molar-refractivity contribution in [2.24, 2.45) is 0 Å². The molecule has 1 atom stereocenters. The zero-order chi connectivity index (χ0) is 30.1. The van der Waals surface area contributed by atoms with Crippen molar-refractivity contribution in [3.8, 4) is 0 Å². The Morgan fingerprint density at radius 2 is 1.29 bits per heavy atom. The Morgan fingerprint density at radius 1 is 0.762 bits per heavy atom. The summed E-state index contributed by atoms with van der Waals surface area (Å²) < 4.78 is 28.9. The number of carbonyl (C=O) groups is 2. The molecule has 9 heteroatoms. The summed E-state index contributed by atoms with van der Waals surface area (Å²) in [5.74, 6) is -0.838. The van der Waals surface area contributed by atoms with Gasteiger partial charge in [0.15, 0.2) is 0 Å². The maximum absolute atomic E-state index is 14.3. The highest BCUT2D eigenvalue weighted by Crippen LogP contribution is 2.26. The number of nitrogens with zero attached hydrogens (tertiary/aromatic N) is 2. The largest absolute Gasteiger partial charge is 0.352 e. The molecule has 0 spiro atoms. The standard InChI is InChI=1S/C33H34ClN3O4S/c1-25(2)35-33(39)31(22-26-12-6-3-7-13-26)36(23-27-14-8-4-9-15-27)32(38)24-37(29-20-18-28(34)19-21-29)42(40,41)30-16-10-5-11-17-30/h3-21,25,31H,22-24H2,1-2H3,(H,35,39). The van der Waals surface area contributed by atoms with E-state index < -0.39 is 28.5 Å². The second-order valence-corrected chi connectivity index (χ2v) is 12.5. The molecule has 7 nitrogen and oxygen atoms in total. The van der Waals surface area contributed by atoms with Crippen LogP contribution in [0.2, 0.25) is 5.02 Å². The van der Waals surface area contributed by atoms with E-state index in [1.807, 2.05) is 74.5 Å². The van der Waals surface area contributed by atoms with Crippen LogP contribution in [-0.4, -0.2) is 43.8 Å². The van der Waals surface area contributed by atoms with Gasteiger partial charge in [-0.15, -0.1) is 0 Å². The number of benzene rings is 4. The molecular formula is C33H34ClN3O4S. The van der Waals surface area contributed by atoms with Gasteiger partial charge in [-0.25, -0.2) is 8.42 Å². The molecule has 4 aromatic carbocycles. The Hall–Kier alpha value is -4.14. The predicted octanol–water partition coefficient (Wildman–Crippen LogP) is 5.70. The molecular weight excluding hydrogens is 570 g/mol. The molecule has 0 heterocycles. The first-order valence-electron chi connectivity index (χ1n) is 13.7. The zero-order valence-corrected chi connectivity index (χ0v) is 25.1. The maximum atomic E-state index is 14.3. The van der Waals surface area contributed by atoms with Crippen LogP contribution >= 0.6 is 11.6 Å². The highest BCUT2D eigenvalue weighted by molar-refractivity contribution is 7.92. The Labute approximate surface area is 252 Å². The number of rotatable bonds is 12. The van der Waals surface area contributed by atoms with Gasteiger partial charge < -0.3 is 10.2 Å². The van der Waals surface area contributed by atoms with Gasteiger partial charge in [0.05, 0.1) is 10.6 Å². The van der Waals surface area contributed by atoms with Gasteiger partial charge in [-0.2, -0.15) is 0 Å². The van der Waals surface area contributed by atoms with E-state index in [4.69, 9.17) is 11.6 Å². The molecule has 1 N–H and O–H groups in total. The molecule has 0 bridgehead atoms. The molecule has 2 amide bonds. The minimum Gasteiger partial charge on any atom is -0.352 e. The van der Waals surface area contributed by atoms with E-state index in [1.54, 1.807) is 42.5 Å². The second-order valence-electron chi connectivity index (χ2n) is 10.2. The molecule has 4 aromatic rings. The number of carbonyl (C=O) groups excluding carboxylic acids is 2. The van der Waals surface area contributed by atoms with Crippen molar-refractivity contribution in [2.45, 2.75) is 43.8 Å². The molecule has 0 aliphatic carbocycles. The zero-order valence-electron chi connectivity index (χ0n) is 23.6. The second kappa shape index (κ2) is 14.2. The van der Waals surface area contributed by atoms with E-state index >= 15 is 0 Å². The minimum absolute atomic E-state index is 0.0424. The fourth-order valence-corrected chi connectivity index (χ4v) is 6.13. The fraction of sp³-hybridized carbons (Fsp3) is 0.212. The van der Waals surface area contributed by atoms with Gasteiger partial charge in [0.25, 0.3) is 10.0 Å². The quantitative estimate of drug-likeness (QED) is 0.225. The minimum atomic E-state index is -4.15. The Bertz CT molecular complexity index is 1570. The number of sulfonamides is 1. The molecule has 0 aliphatic rings. The van der Waals surface area contributed by atoms with Crippen molar-refractivity contribution >= 4 is 39.1 Å². The molecule has 1 unspecified atom stereocenters. The lowest BCUT2D eigenvalue weighted by Crippen LogP contribution is -2.54. The smallest absolute Gasteiger partial charge is 0.264 e. The number of hydrogen-bond acceptors (Lipinski definition) is 4. The summed E-state index contributed by atoms with van der Waals surface area (Å²) in [6, 6.07) is 32.0. The molecule has 0 radical (unpaired) electrons. The monoisotopic (exact) mass is 603 g/mol. The van der Waals surface area contributed by atoms with Gasteiger partial charge in [-0.1, -0.05) is 90.5 Å². The first-order chi connectivity index (χ1) is 20.1. The topological polar surface area (TPSA) is 86.8 Å². The van der Waals surface area contributed by atoms with Gasteiger partial charge in [0.1, 0.15) is 12.6 Å². The summed E-state index contributed by atoms with van der Waals surface area (Å²) in [6.07, 6.45) is 0.254. The SMILES string of the molecule is CC(C)NC(=O)C(Cc1ccccc1)N(Cc1ccccc1)C(=O)CN(c1ccc(Cl)cc1)S(=O)(=O)c1ccccc1. The Balaban J connectivity index is 1.78. The molecule has 218 valence electrons. The lowest BCUT2D eigenvalue weighted by atomic mass is 10.0. The number of anilines is 1. The molecule has 0 aromatic heterocycles. The van der Waals surface area contributed by atoms with Crippen molar-refractivity contribution in [3.63, 3.8) is 0 Å². The van der Waals surface area contributed by atoms with Crippen LogP contribution < -0.4 is 9.62 Å². The van der Waals surface area contributed by atoms with Crippen LogP contribution in [0.25, 0.3) is 0 Å². The van der Waals surface area contributed by atoms with Crippen LogP contribution in [0.4, 0.5) is 5.69 Å². The Morgan fingerprint density at radius 3 is 1.83 bits per heavy atom. The number of halogens is 1. The van der Waals surface area contributed by atoms with Crippen molar-refractivity contribution in [1.29, 1.82) is 0 Å². The predicted molar refractivity (Wildman–Crippen MR) is 167 cm³/mol. The third-order valence-electron chi connectivity index (χ3n) is 6.62. The lowest BCUT2D eigenvalue weighted by molar-refractivity contribution is -0.140. The van der Waals surface area contributed by atoms with E-state index in [9.17, 15) is 18.0 Å². The van der Waals surface area contributed by atoms with Crippen LogP contribution in [-0.2, 0) is 32.6 Å². The average Bonchev–Trinajstić information content (AvgIpc) is 2.99. The summed E-state index contributed by atoms with van der Waals surface area (Å²) in [7, 11) is -4.15. The Kier molecular flexibility index (Phi) is 10.4. The van der Waals surface area contributed by atoms with Gasteiger partial charge in [0, 0.05) is 24.0 Å². The van der Waals surface area contributed by atoms with Gasteiger partial charge in [-0.05, 0) is 61.4 Å². The number of nitrogens with one attached hydrogen (secondary N) is 1. The molecule has 0 saturated carbocycles. The van der Waals surface area contributed by atoms with Crippen LogP contribution in [0.1, 0.15) is 25.0 Å². The average molecular weight is 604 g/mol. The molecule has 4 rings (SSSR count). The first kappa shape index (κ1) is 30.8. The highest BCUT2D eigenvalue weighted by atomic mass is 35.5. The first-order valence-corrected chi connectivity index (χ1v) is 15.5. The third-order valence-corrected chi connectivity index (χ3v) is 8.66. The van der Waals surface area contributed by atoms with Gasteiger partial charge in [-0.3, -0.25) is 13.9 Å². The maximum Gasteiger partial charge on any atom is 0.264 e. The van der Waals surface area contributed by atoms with Crippen molar-refractivity contribution in [3.05, 3.63) is 131 Å². The van der Waals surface area contributed by atoms with Crippen molar-refractivity contribution in [1.82, 2.24) is 10.2 Å². The lowest BCUT2D eigenvalue weighted by Gasteiger charge is -2.34. The van der Waals surface area contributed by atoms with E-state index in [-0.39, 0.29) is 35.5 Å².